The van der Waals surface area contributed by atoms with E-state index in [0.29, 0.717) is 37.4 Å². The third-order valence-electron chi connectivity index (χ3n) is 9.85. The van der Waals surface area contributed by atoms with Crippen LogP contribution in [0.15, 0.2) is 53.4 Å². The number of benzene rings is 2. The van der Waals surface area contributed by atoms with Gasteiger partial charge in [0.25, 0.3) is 15.9 Å². The average Bonchev–Trinajstić information content (AvgIpc) is 3.04. The van der Waals surface area contributed by atoms with Crippen LogP contribution in [0.5, 0.6) is 5.88 Å². The molecule has 262 valence electrons. The van der Waals surface area contributed by atoms with Crippen LogP contribution in [0.25, 0.3) is 11.3 Å². The maximum Gasteiger partial charge on any atom is 0.407 e. The lowest BCUT2D eigenvalue weighted by Gasteiger charge is -2.46. The second-order valence-electron chi connectivity index (χ2n) is 14.2. The molecule has 0 saturated heterocycles. The fraction of sp³-hybridized carbons (Fsp3) is 0.514. The summed E-state index contributed by atoms with van der Waals surface area (Å²) in [7, 11) is -4.17. The third-order valence-corrected chi connectivity index (χ3v) is 11.2. The first-order chi connectivity index (χ1) is 23.5. The Kier molecular flexibility index (Phi) is 10.4. The molecule has 0 radical (unpaired) electrons. The van der Waals surface area contributed by atoms with Crippen LogP contribution >= 0.6 is 0 Å². The lowest BCUT2D eigenvalue weighted by molar-refractivity contribution is -0.0274. The van der Waals surface area contributed by atoms with E-state index in [0.717, 1.165) is 29.5 Å². The van der Waals surface area contributed by atoms with Crippen molar-refractivity contribution >= 4 is 28.0 Å². The lowest BCUT2D eigenvalue weighted by Crippen LogP contribution is -2.57. The summed E-state index contributed by atoms with van der Waals surface area (Å²) in [6.07, 6.45) is 6.76. The molecule has 49 heavy (non-hydrogen) atoms. The topological polar surface area (TPSA) is 140 Å². The normalized spacial score (nSPS) is 22.4. The Hall–Kier alpha value is -4.19. The molecule has 0 unspecified atom stereocenters. The zero-order chi connectivity index (χ0) is 34.7. The minimum atomic E-state index is -4.17. The van der Waals surface area contributed by atoms with Gasteiger partial charge in [0, 0.05) is 42.6 Å². The molecule has 1 atom stereocenters. The van der Waals surface area contributed by atoms with Gasteiger partial charge in [-0.3, -0.25) is 4.79 Å². The van der Waals surface area contributed by atoms with E-state index in [2.05, 4.69) is 33.9 Å². The maximum absolute atomic E-state index is 14.4. The van der Waals surface area contributed by atoms with Crippen LogP contribution in [0.3, 0.4) is 0 Å². The molecule has 2 saturated carbocycles. The Labute approximate surface area is 289 Å². The van der Waals surface area contributed by atoms with Crippen molar-refractivity contribution in [3.05, 3.63) is 65.2 Å². The molecule has 2 N–H and O–H groups in total. The number of ether oxygens (including phenoxy) is 2. The van der Waals surface area contributed by atoms with Crippen LogP contribution in [0.1, 0.15) is 86.7 Å². The van der Waals surface area contributed by atoms with Gasteiger partial charge in [-0.1, -0.05) is 57.4 Å². The van der Waals surface area contributed by atoms with Crippen molar-refractivity contribution in [3.8, 4) is 17.1 Å². The molecule has 1 aromatic heterocycles. The van der Waals surface area contributed by atoms with Crippen LogP contribution in [0.4, 0.5) is 10.7 Å². The van der Waals surface area contributed by atoms with Gasteiger partial charge < -0.3 is 19.7 Å². The monoisotopic (exact) mass is 689 g/mol. The van der Waals surface area contributed by atoms with Gasteiger partial charge in [0.05, 0.1) is 16.6 Å². The number of carbonyl (C=O) groups excluding carboxylic acids is 2. The van der Waals surface area contributed by atoms with E-state index in [1.54, 1.807) is 18.2 Å². The molecule has 3 aromatic rings. The fourth-order valence-corrected chi connectivity index (χ4v) is 8.30. The Morgan fingerprint density at radius 1 is 1.04 bits per heavy atom. The van der Waals surface area contributed by atoms with Gasteiger partial charge >= 0.3 is 6.09 Å². The highest BCUT2D eigenvalue weighted by atomic mass is 32.2. The van der Waals surface area contributed by atoms with Gasteiger partial charge in [0.2, 0.25) is 11.8 Å². The molecule has 0 spiro atoms. The van der Waals surface area contributed by atoms with Crippen LogP contribution < -0.4 is 14.8 Å². The number of carbonyl (C=O) groups is 2. The summed E-state index contributed by atoms with van der Waals surface area (Å²) in [5, 5.41) is 2.94. The molecule has 4 bridgehead atoms. The maximum atomic E-state index is 14.4. The van der Waals surface area contributed by atoms with Crippen LogP contribution in [-0.2, 0) is 14.8 Å². The number of hydrogen-bond donors (Lipinski definition) is 2. The Morgan fingerprint density at radius 2 is 1.76 bits per heavy atom. The SMILES string of the molecule is Cc1cccc(C)c1-c1cc2nc(n1)NS(=O)(=O)c1cccc(c1)C(=O)N([C@H]1C[C@@H](OC(=O)NCC3CCCCC3)C1)[C@H](CC(C)C)CO2. The first kappa shape index (κ1) is 34.7. The van der Waals surface area contributed by atoms with Gasteiger partial charge in [0.15, 0.2) is 0 Å². The van der Waals surface area contributed by atoms with Crippen molar-refractivity contribution in [3.63, 3.8) is 0 Å². The van der Waals surface area contributed by atoms with E-state index in [1.807, 2.05) is 36.9 Å². The van der Waals surface area contributed by atoms with Gasteiger partial charge in [-0.25, -0.2) is 22.9 Å². The van der Waals surface area contributed by atoms with Crippen LogP contribution in [0, 0.1) is 25.7 Å². The summed E-state index contributed by atoms with van der Waals surface area (Å²) < 4.78 is 41.9. The van der Waals surface area contributed by atoms with Gasteiger partial charge in [-0.15, -0.1) is 0 Å². The smallest absolute Gasteiger partial charge is 0.407 e. The van der Waals surface area contributed by atoms with Crippen molar-refractivity contribution in [2.24, 2.45) is 11.8 Å². The molecule has 2 aliphatic carbocycles. The van der Waals surface area contributed by atoms with E-state index < -0.39 is 16.1 Å². The summed E-state index contributed by atoms with van der Waals surface area (Å²) >= 11 is 0. The average molecular weight is 690 g/mol. The molecule has 2 amide bonds. The molecular formula is C37H47N5O6S. The zero-order valence-corrected chi connectivity index (χ0v) is 29.6. The summed E-state index contributed by atoms with van der Waals surface area (Å²) in [4.78, 5) is 37.8. The number of nitrogens with zero attached hydrogens (tertiary/aromatic N) is 3. The van der Waals surface area contributed by atoms with E-state index in [-0.39, 0.29) is 58.9 Å². The van der Waals surface area contributed by atoms with E-state index in [9.17, 15) is 18.0 Å². The minimum absolute atomic E-state index is 0.0778. The molecule has 11 nitrogen and oxygen atoms in total. The van der Waals surface area contributed by atoms with E-state index in [1.165, 1.54) is 31.4 Å². The predicted molar refractivity (Wildman–Crippen MR) is 187 cm³/mol. The van der Waals surface area contributed by atoms with Gasteiger partial charge in [0.1, 0.15) is 12.7 Å². The van der Waals surface area contributed by atoms with Gasteiger partial charge in [-0.2, -0.15) is 4.98 Å². The number of sulfonamides is 1. The van der Waals surface area contributed by atoms with E-state index >= 15 is 0 Å². The molecule has 3 aliphatic rings. The summed E-state index contributed by atoms with van der Waals surface area (Å²) in [6, 6.07) is 13.1. The van der Waals surface area contributed by atoms with Crippen molar-refractivity contribution in [2.75, 3.05) is 17.9 Å². The lowest BCUT2D eigenvalue weighted by atomic mass is 9.85. The highest BCUT2D eigenvalue weighted by Crippen LogP contribution is 2.35. The number of hydrogen-bond acceptors (Lipinski definition) is 8. The van der Waals surface area contributed by atoms with Crippen LogP contribution in [-0.4, -0.2) is 66.6 Å². The number of aromatic nitrogens is 2. The van der Waals surface area contributed by atoms with Crippen molar-refractivity contribution in [1.82, 2.24) is 20.2 Å². The molecule has 2 aromatic carbocycles. The second-order valence-corrected chi connectivity index (χ2v) is 15.8. The highest BCUT2D eigenvalue weighted by molar-refractivity contribution is 7.92. The predicted octanol–water partition coefficient (Wildman–Crippen LogP) is 6.65. The van der Waals surface area contributed by atoms with Crippen molar-refractivity contribution in [1.29, 1.82) is 0 Å². The highest BCUT2D eigenvalue weighted by Gasteiger charge is 2.42. The zero-order valence-electron chi connectivity index (χ0n) is 28.8. The first-order valence-corrected chi connectivity index (χ1v) is 18.9. The Balaban J connectivity index is 1.29. The number of alkyl carbamates (subject to hydrolysis) is 1. The van der Waals surface area contributed by atoms with Crippen LogP contribution in [0.2, 0.25) is 0 Å². The quantitative estimate of drug-likeness (QED) is 0.281. The number of amides is 2. The summed E-state index contributed by atoms with van der Waals surface area (Å²) in [5.74, 6) is 0.488. The van der Waals surface area contributed by atoms with Crippen molar-refractivity contribution in [2.45, 2.75) is 102 Å². The Morgan fingerprint density at radius 3 is 2.47 bits per heavy atom. The number of nitrogens with one attached hydrogen (secondary N) is 2. The molecule has 12 heteroatoms. The summed E-state index contributed by atoms with van der Waals surface area (Å²) in [5.41, 5.74) is 3.58. The molecule has 6 rings (SSSR count). The Bertz CT molecular complexity index is 1770. The minimum Gasteiger partial charge on any atom is -0.475 e. The third kappa shape index (κ3) is 8.17. The second kappa shape index (κ2) is 14.7. The number of fused-ring (bicyclic) bond motifs is 4. The first-order valence-electron chi connectivity index (χ1n) is 17.5. The molecular weight excluding hydrogens is 643 g/mol. The molecule has 2 fully saturated rings. The largest absolute Gasteiger partial charge is 0.475 e. The molecule has 2 heterocycles. The van der Waals surface area contributed by atoms with E-state index in [4.69, 9.17) is 9.47 Å². The number of anilines is 1. The summed E-state index contributed by atoms with van der Waals surface area (Å²) in [6.45, 7) is 8.88. The number of aryl methyl sites for hydroxylation is 2. The van der Waals surface area contributed by atoms with Gasteiger partial charge in [-0.05, 0) is 74.3 Å². The number of rotatable bonds is 7. The fourth-order valence-electron chi connectivity index (χ4n) is 7.31. The molecule has 1 aliphatic heterocycles. The standard InChI is InChI=1S/C37H47N5O6S/c1-23(2)16-29-22-47-33-20-32(34-24(3)10-8-11-25(34)4)39-36(40-33)41-49(45,46)31-15-9-14-27(17-31)35(43)42(29)28-18-30(19-28)48-37(44)38-21-26-12-6-5-7-13-26/h8-11,14-15,17,20,23,26,28-30H,5-7,12-13,16,18-19,21-22H2,1-4H3,(H,38,44)(H,39,40,41)/t28-,29-,30+/m1/s1. The van der Waals surface area contributed by atoms with Crippen molar-refractivity contribution < 1.29 is 27.5 Å².